The molecule has 4 N–H and O–H groups in total. The number of carbonyl (C=O) groups is 3. The van der Waals surface area contributed by atoms with Crippen LogP contribution in [0.5, 0.6) is 0 Å². The highest BCUT2D eigenvalue weighted by atomic mass is 19.1. The Balaban J connectivity index is 2.76. The number of benzene rings is 1. The van der Waals surface area contributed by atoms with Crippen molar-refractivity contribution in [1.29, 1.82) is 0 Å². The average molecular weight is 365 g/mol. The molecule has 0 unspecified atom stereocenters. The van der Waals surface area contributed by atoms with Crippen LogP contribution in [-0.4, -0.2) is 29.8 Å². The Morgan fingerprint density at radius 1 is 1.12 bits per heavy atom. The van der Waals surface area contributed by atoms with Crippen molar-refractivity contribution in [2.45, 2.75) is 64.5 Å². The van der Waals surface area contributed by atoms with Gasteiger partial charge >= 0.3 is 0 Å². The first-order chi connectivity index (χ1) is 12.3. The quantitative estimate of drug-likeness (QED) is 0.521. The molecule has 0 heterocycles. The lowest BCUT2D eigenvalue weighted by Gasteiger charge is -2.21. The van der Waals surface area contributed by atoms with E-state index in [2.05, 4.69) is 17.6 Å². The lowest BCUT2D eigenvalue weighted by atomic mass is 10.0. The van der Waals surface area contributed by atoms with Gasteiger partial charge in [0.25, 0.3) is 0 Å². The molecule has 0 aliphatic carbocycles. The molecule has 26 heavy (non-hydrogen) atoms. The number of hydrogen-bond donors (Lipinski definition) is 3. The Labute approximate surface area is 153 Å². The maximum absolute atomic E-state index is 13.4. The Morgan fingerprint density at radius 2 is 1.85 bits per heavy atom. The van der Waals surface area contributed by atoms with Crippen molar-refractivity contribution in [3.05, 3.63) is 35.6 Å². The van der Waals surface area contributed by atoms with E-state index in [1.54, 1.807) is 6.07 Å². The van der Waals surface area contributed by atoms with Crippen molar-refractivity contribution in [3.63, 3.8) is 0 Å². The van der Waals surface area contributed by atoms with Gasteiger partial charge in [-0.25, -0.2) is 4.39 Å². The lowest BCUT2D eigenvalue weighted by molar-refractivity contribution is -0.130. The van der Waals surface area contributed by atoms with Gasteiger partial charge in [0.05, 0.1) is 0 Å². The molecule has 144 valence electrons. The highest BCUT2D eigenvalue weighted by Gasteiger charge is 2.25. The molecule has 0 aliphatic heterocycles. The summed E-state index contributed by atoms with van der Waals surface area (Å²) in [6.07, 6.45) is 4.41. The second kappa shape index (κ2) is 11.2. The van der Waals surface area contributed by atoms with Gasteiger partial charge in [-0.3, -0.25) is 14.4 Å². The van der Waals surface area contributed by atoms with Crippen molar-refractivity contribution in [1.82, 2.24) is 10.6 Å². The lowest BCUT2D eigenvalue weighted by Crippen LogP contribution is -2.53. The first kappa shape index (κ1) is 21.6. The van der Waals surface area contributed by atoms with Gasteiger partial charge in [0, 0.05) is 13.3 Å². The minimum atomic E-state index is -0.910. The predicted molar refractivity (Wildman–Crippen MR) is 97.6 cm³/mol. The average Bonchev–Trinajstić information content (AvgIpc) is 2.56. The van der Waals surface area contributed by atoms with E-state index in [4.69, 9.17) is 5.73 Å². The molecule has 0 fully saturated rings. The number of amides is 3. The summed E-state index contributed by atoms with van der Waals surface area (Å²) < 4.78 is 13.4. The van der Waals surface area contributed by atoms with Gasteiger partial charge in [0.1, 0.15) is 17.9 Å². The van der Waals surface area contributed by atoms with Crippen LogP contribution in [0.2, 0.25) is 0 Å². The largest absolute Gasteiger partial charge is 0.368 e. The Kier molecular flexibility index (Phi) is 9.33. The molecule has 0 bridgehead atoms. The summed E-state index contributed by atoms with van der Waals surface area (Å²) in [5.41, 5.74) is 5.95. The summed E-state index contributed by atoms with van der Waals surface area (Å²) in [5, 5.41) is 5.15. The molecule has 0 spiro atoms. The molecule has 0 saturated carbocycles. The summed E-state index contributed by atoms with van der Waals surface area (Å²) in [7, 11) is 0. The van der Waals surface area contributed by atoms with E-state index in [1.165, 1.54) is 25.1 Å². The van der Waals surface area contributed by atoms with Gasteiger partial charge in [-0.2, -0.15) is 0 Å². The Bertz CT molecular complexity index is 622. The molecule has 1 aromatic rings. The van der Waals surface area contributed by atoms with E-state index in [-0.39, 0.29) is 12.3 Å². The summed E-state index contributed by atoms with van der Waals surface area (Å²) in [6, 6.07) is 4.11. The monoisotopic (exact) mass is 365 g/mol. The zero-order valence-electron chi connectivity index (χ0n) is 15.4. The molecule has 1 rings (SSSR count). The zero-order chi connectivity index (χ0) is 19.5. The molecule has 0 aromatic heterocycles. The van der Waals surface area contributed by atoms with Gasteiger partial charge < -0.3 is 16.4 Å². The highest BCUT2D eigenvalue weighted by Crippen LogP contribution is 2.09. The number of unbranched alkanes of at least 4 members (excludes halogenated alkanes) is 3. The molecule has 6 nitrogen and oxygen atoms in total. The molecule has 0 saturated heterocycles. The van der Waals surface area contributed by atoms with Crippen molar-refractivity contribution in [3.8, 4) is 0 Å². The number of nitrogens with one attached hydrogen (secondary N) is 2. The van der Waals surface area contributed by atoms with Crippen molar-refractivity contribution < 1.29 is 18.8 Å². The van der Waals surface area contributed by atoms with E-state index >= 15 is 0 Å². The maximum atomic E-state index is 13.4. The normalized spacial score (nSPS) is 12.9. The van der Waals surface area contributed by atoms with E-state index in [0.717, 1.165) is 25.7 Å². The predicted octanol–water partition coefficient (Wildman–Crippen LogP) is 1.81. The first-order valence-electron chi connectivity index (χ1n) is 8.94. The van der Waals surface area contributed by atoms with Crippen molar-refractivity contribution >= 4 is 17.7 Å². The van der Waals surface area contributed by atoms with Gasteiger partial charge in [0.15, 0.2) is 0 Å². The van der Waals surface area contributed by atoms with Crippen LogP contribution in [0.4, 0.5) is 4.39 Å². The second-order valence-corrected chi connectivity index (χ2v) is 6.40. The number of halogens is 1. The van der Waals surface area contributed by atoms with Crippen molar-refractivity contribution in [2.75, 3.05) is 0 Å². The summed E-state index contributed by atoms with van der Waals surface area (Å²) in [4.78, 5) is 35.6. The molecular formula is C19H28FN3O3. The van der Waals surface area contributed by atoms with Gasteiger partial charge in [-0.15, -0.1) is 0 Å². The smallest absolute Gasteiger partial charge is 0.243 e. The van der Waals surface area contributed by atoms with Crippen LogP contribution in [0.15, 0.2) is 24.3 Å². The third-order valence-electron chi connectivity index (χ3n) is 4.03. The fourth-order valence-corrected chi connectivity index (χ4v) is 2.69. The van der Waals surface area contributed by atoms with Gasteiger partial charge in [-0.05, 0) is 24.1 Å². The Hall–Kier alpha value is -2.44. The number of primary amides is 1. The summed E-state index contributed by atoms with van der Waals surface area (Å²) in [5.74, 6) is -1.93. The molecule has 7 heteroatoms. The molecule has 0 radical (unpaired) electrons. The van der Waals surface area contributed by atoms with E-state index in [1.807, 2.05) is 0 Å². The van der Waals surface area contributed by atoms with Crippen LogP contribution in [0.25, 0.3) is 0 Å². The van der Waals surface area contributed by atoms with Gasteiger partial charge in [0.2, 0.25) is 17.7 Å². The standard InChI is InChI=1S/C19H28FN3O3/c1-3-4-5-6-10-16(18(21)25)23-19(26)17(22-13(2)24)12-14-8-7-9-15(20)11-14/h7-9,11,16-17H,3-6,10,12H2,1-2H3,(H2,21,25)(H,22,24)(H,23,26)/t16-,17+/m1/s1. The number of hydrogen-bond acceptors (Lipinski definition) is 3. The van der Waals surface area contributed by atoms with E-state index in [9.17, 15) is 18.8 Å². The second-order valence-electron chi connectivity index (χ2n) is 6.40. The zero-order valence-corrected chi connectivity index (χ0v) is 15.4. The van der Waals surface area contributed by atoms with E-state index < -0.39 is 29.7 Å². The van der Waals surface area contributed by atoms with Crippen molar-refractivity contribution in [2.24, 2.45) is 5.73 Å². The minimum Gasteiger partial charge on any atom is -0.368 e. The third kappa shape index (κ3) is 8.09. The topological polar surface area (TPSA) is 101 Å². The molecular weight excluding hydrogens is 337 g/mol. The highest BCUT2D eigenvalue weighted by molar-refractivity contribution is 5.91. The number of nitrogens with two attached hydrogens (primary N) is 1. The van der Waals surface area contributed by atoms with Crippen LogP contribution >= 0.6 is 0 Å². The van der Waals surface area contributed by atoms with Crippen LogP contribution in [0, 0.1) is 5.82 Å². The third-order valence-corrected chi connectivity index (χ3v) is 4.03. The van der Waals surface area contributed by atoms with Crippen LogP contribution in [0.3, 0.4) is 0 Å². The number of carbonyl (C=O) groups excluding carboxylic acids is 3. The number of rotatable bonds is 11. The minimum absolute atomic E-state index is 0.116. The van der Waals surface area contributed by atoms with Crippen LogP contribution in [0.1, 0.15) is 51.5 Å². The maximum Gasteiger partial charge on any atom is 0.243 e. The molecule has 2 atom stereocenters. The fraction of sp³-hybridized carbons (Fsp3) is 0.526. The van der Waals surface area contributed by atoms with Gasteiger partial charge in [-0.1, -0.05) is 44.7 Å². The molecule has 0 aliphatic rings. The molecule has 1 aromatic carbocycles. The van der Waals surface area contributed by atoms with E-state index in [0.29, 0.717) is 12.0 Å². The summed E-state index contributed by atoms with van der Waals surface area (Å²) in [6.45, 7) is 3.37. The fourth-order valence-electron chi connectivity index (χ4n) is 2.69. The van der Waals surface area contributed by atoms with Crippen LogP contribution < -0.4 is 16.4 Å². The first-order valence-corrected chi connectivity index (χ1v) is 8.94. The summed E-state index contributed by atoms with van der Waals surface area (Å²) >= 11 is 0. The SMILES string of the molecule is CCCCCC[C@@H](NC(=O)[C@H](Cc1cccc(F)c1)NC(C)=O)C(N)=O. The van der Waals surface area contributed by atoms with Crippen LogP contribution in [-0.2, 0) is 20.8 Å². The Morgan fingerprint density at radius 3 is 2.42 bits per heavy atom. The molecule has 3 amide bonds.